The second-order valence-corrected chi connectivity index (χ2v) is 11.1. The van der Waals surface area contributed by atoms with E-state index >= 15 is 0 Å². The van der Waals surface area contributed by atoms with E-state index in [1.54, 1.807) is 0 Å². The lowest BCUT2D eigenvalue weighted by Crippen LogP contribution is -2.22. The molecule has 0 N–H and O–H groups in total. The Hall–Kier alpha value is 0.400. The van der Waals surface area contributed by atoms with Crippen LogP contribution < -0.4 is 0 Å². The van der Waals surface area contributed by atoms with E-state index in [9.17, 15) is 0 Å². The van der Waals surface area contributed by atoms with Crippen LogP contribution in [0.15, 0.2) is 0 Å². The zero-order valence-corrected chi connectivity index (χ0v) is 25.2. The number of rotatable bonds is 30. The normalized spacial score (nSPS) is 12.4. The maximum atomic E-state index is 6.02. The third-order valence-corrected chi connectivity index (χ3v) is 7.69. The molecule has 0 spiro atoms. The maximum Gasteiger partial charge on any atom is 0.0904 e. The van der Waals surface area contributed by atoms with E-state index in [0.29, 0.717) is 0 Å². The van der Waals surface area contributed by atoms with Crippen LogP contribution >= 0.6 is 15.9 Å². The van der Waals surface area contributed by atoms with Crippen molar-refractivity contribution < 1.29 is 9.47 Å². The van der Waals surface area contributed by atoms with Crippen molar-refractivity contribution in [1.29, 1.82) is 0 Å². The minimum Gasteiger partial charge on any atom is -0.379 e. The second kappa shape index (κ2) is 31.4. The summed E-state index contributed by atoms with van der Waals surface area (Å²) in [6.45, 7) is 7.10. The number of ether oxygens (including phenoxy) is 2. The SMILES string of the molecule is CCCCCCCCCCCCCCOCC(CBr)OCCCCCCCCCCCCCC. The highest BCUT2D eigenvalue weighted by atomic mass is 79.9. The highest BCUT2D eigenvalue weighted by Crippen LogP contribution is 2.13. The standard InChI is InChI=1S/C31H63BrO2/c1-3-5-7-9-11-13-15-17-19-21-23-25-27-33-30-31(29-32)34-28-26-24-22-20-18-16-14-12-10-8-6-4-2/h31H,3-30H2,1-2H3. The number of hydrogen-bond acceptors (Lipinski definition) is 2. The first-order chi connectivity index (χ1) is 16.8. The molecule has 0 aromatic carbocycles. The molecule has 0 aliphatic heterocycles. The van der Waals surface area contributed by atoms with Gasteiger partial charge in [-0.05, 0) is 12.8 Å². The van der Waals surface area contributed by atoms with Crippen molar-refractivity contribution in [2.75, 3.05) is 25.2 Å². The van der Waals surface area contributed by atoms with Gasteiger partial charge >= 0.3 is 0 Å². The smallest absolute Gasteiger partial charge is 0.0904 e. The van der Waals surface area contributed by atoms with Crippen molar-refractivity contribution in [2.24, 2.45) is 0 Å². The molecule has 2 nitrogen and oxygen atoms in total. The molecule has 0 heterocycles. The topological polar surface area (TPSA) is 18.5 Å². The fraction of sp³-hybridized carbons (Fsp3) is 1.00. The van der Waals surface area contributed by atoms with Crippen molar-refractivity contribution in [1.82, 2.24) is 0 Å². The summed E-state index contributed by atoms with van der Waals surface area (Å²) in [5, 5.41) is 0.879. The Labute approximate surface area is 224 Å². The summed E-state index contributed by atoms with van der Waals surface area (Å²) >= 11 is 3.59. The van der Waals surface area contributed by atoms with Gasteiger partial charge in [-0.2, -0.15) is 0 Å². The lowest BCUT2D eigenvalue weighted by Gasteiger charge is -2.15. The molecular formula is C31H63BrO2. The molecule has 0 aromatic heterocycles. The van der Waals surface area contributed by atoms with Crippen LogP contribution in [0.5, 0.6) is 0 Å². The number of hydrogen-bond donors (Lipinski definition) is 0. The number of halogens is 1. The molecule has 0 amide bonds. The Kier molecular flexibility index (Phi) is 31.8. The summed E-state index contributed by atoms with van der Waals surface area (Å²) < 4.78 is 11.9. The Balaban J connectivity index is 3.26. The molecule has 34 heavy (non-hydrogen) atoms. The third-order valence-electron chi connectivity index (χ3n) is 6.97. The first-order valence-corrected chi connectivity index (χ1v) is 16.7. The molecule has 0 radical (unpaired) electrons. The van der Waals surface area contributed by atoms with Gasteiger partial charge in [0.25, 0.3) is 0 Å². The van der Waals surface area contributed by atoms with Gasteiger partial charge in [0.2, 0.25) is 0 Å². The van der Waals surface area contributed by atoms with E-state index in [1.807, 2.05) is 0 Å². The first-order valence-electron chi connectivity index (χ1n) is 15.6. The monoisotopic (exact) mass is 546 g/mol. The summed E-state index contributed by atoms with van der Waals surface area (Å²) in [5.74, 6) is 0. The van der Waals surface area contributed by atoms with E-state index in [1.165, 1.54) is 154 Å². The van der Waals surface area contributed by atoms with Crippen molar-refractivity contribution in [3.8, 4) is 0 Å². The molecular weight excluding hydrogens is 484 g/mol. The van der Waals surface area contributed by atoms with Crippen molar-refractivity contribution in [3.63, 3.8) is 0 Å². The molecule has 0 saturated carbocycles. The van der Waals surface area contributed by atoms with Crippen LogP contribution in [0.1, 0.15) is 168 Å². The van der Waals surface area contributed by atoms with Crippen molar-refractivity contribution in [3.05, 3.63) is 0 Å². The highest BCUT2D eigenvalue weighted by Gasteiger charge is 2.07. The van der Waals surface area contributed by atoms with Crippen LogP contribution in [-0.2, 0) is 9.47 Å². The molecule has 1 atom stereocenters. The fourth-order valence-corrected chi connectivity index (χ4v) is 4.96. The van der Waals surface area contributed by atoms with Gasteiger partial charge in [0.15, 0.2) is 0 Å². The molecule has 3 heteroatoms. The molecule has 0 aliphatic carbocycles. The van der Waals surface area contributed by atoms with Crippen LogP contribution in [0.3, 0.4) is 0 Å². The molecule has 0 aromatic rings. The Morgan fingerprint density at radius 1 is 0.441 bits per heavy atom. The third kappa shape index (κ3) is 28.6. The second-order valence-electron chi connectivity index (χ2n) is 10.5. The number of unbranched alkanes of at least 4 members (excludes halogenated alkanes) is 22. The van der Waals surface area contributed by atoms with Gasteiger partial charge in [0.1, 0.15) is 0 Å². The van der Waals surface area contributed by atoms with Gasteiger partial charge in [-0.3, -0.25) is 0 Å². The van der Waals surface area contributed by atoms with Gasteiger partial charge in [-0.25, -0.2) is 0 Å². The van der Waals surface area contributed by atoms with Gasteiger partial charge in [-0.15, -0.1) is 0 Å². The largest absolute Gasteiger partial charge is 0.379 e. The summed E-state index contributed by atoms with van der Waals surface area (Å²) in [4.78, 5) is 0. The molecule has 0 saturated heterocycles. The van der Waals surface area contributed by atoms with Gasteiger partial charge in [0.05, 0.1) is 12.7 Å². The zero-order chi connectivity index (χ0) is 24.8. The molecule has 206 valence electrons. The summed E-state index contributed by atoms with van der Waals surface area (Å²) in [5.41, 5.74) is 0. The predicted octanol–water partition coefficient (Wildman–Crippen LogP) is 11.2. The van der Waals surface area contributed by atoms with Gasteiger partial charge < -0.3 is 9.47 Å². The maximum absolute atomic E-state index is 6.02. The van der Waals surface area contributed by atoms with Crippen LogP contribution in [-0.4, -0.2) is 31.3 Å². The Morgan fingerprint density at radius 3 is 1.12 bits per heavy atom. The van der Waals surface area contributed by atoms with Crippen LogP contribution in [0.2, 0.25) is 0 Å². The van der Waals surface area contributed by atoms with Crippen LogP contribution in [0.4, 0.5) is 0 Å². The number of alkyl halides is 1. The zero-order valence-electron chi connectivity index (χ0n) is 23.6. The van der Waals surface area contributed by atoms with Crippen molar-refractivity contribution >= 4 is 15.9 Å². The average Bonchev–Trinajstić information content (AvgIpc) is 2.85. The fourth-order valence-electron chi connectivity index (χ4n) is 4.59. The van der Waals surface area contributed by atoms with E-state index in [2.05, 4.69) is 29.8 Å². The quantitative estimate of drug-likeness (QED) is 0.0658. The molecule has 0 bridgehead atoms. The molecule has 1 unspecified atom stereocenters. The average molecular weight is 548 g/mol. The minimum absolute atomic E-state index is 0.213. The summed E-state index contributed by atoms with van der Waals surface area (Å²) in [6, 6.07) is 0. The summed E-state index contributed by atoms with van der Waals surface area (Å²) in [7, 11) is 0. The van der Waals surface area contributed by atoms with Crippen molar-refractivity contribution in [2.45, 2.75) is 174 Å². The lowest BCUT2D eigenvalue weighted by atomic mass is 10.1. The van der Waals surface area contributed by atoms with Crippen LogP contribution in [0.25, 0.3) is 0 Å². The Morgan fingerprint density at radius 2 is 0.765 bits per heavy atom. The minimum atomic E-state index is 0.213. The van der Waals surface area contributed by atoms with E-state index in [4.69, 9.17) is 9.47 Å². The van der Waals surface area contributed by atoms with Crippen LogP contribution in [0, 0.1) is 0 Å². The van der Waals surface area contributed by atoms with E-state index in [0.717, 1.165) is 25.2 Å². The van der Waals surface area contributed by atoms with Gasteiger partial charge in [0, 0.05) is 18.5 Å². The first kappa shape index (κ1) is 34.4. The van der Waals surface area contributed by atoms with E-state index < -0.39 is 0 Å². The van der Waals surface area contributed by atoms with E-state index in [-0.39, 0.29) is 6.10 Å². The molecule has 0 rings (SSSR count). The lowest BCUT2D eigenvalue weighted by molar-refractivity contribution is -0.00563. The summed E-state index contributed by atoms with van der Waals surface area (Å²) in [6.07, 6.45) is 33.6. The Bertz CT molecular complexity index is 350. The predicted molar refractivity (Wildman–Crippen MR) is 157 cm³/mol. The molecule has 0 aliphatic rings. The highest BCUT2D eigenvalue weighted by molar-refractivity contribution is 9.09. The molecule has 0 fully saturated rings. The van der Waals surface area contributed by atoms with Gasteiger partial charge in [-0.1, -0.05) is 171 Å².